The van der Waals surface area contributed by atoms with Gasteiger partial charge >= 0.3 is 5.97 Å². The fourth-order valence-electron chi connectivity index (χ4n) is 1.61. The number of aliphatic carboxylic acids is 1. The molecular weight excluding hydrogens is 314 g/mol. The summed E-state index contributed by atoms with van der Waals surface area (Å²) in [7, 11) is 1.51. The second-order valence-electron chi connectivity index (χ2n) is 4.02. The normalized spacial score (nSPS) is 11.9. The molecule has 6 heteroatoms. The zero-order valence-electron chi connectivity index (χ0n) is 10.6. The predicted octanol–water partition coefficient (Wildman–Crippen LogP) is 2.12. The van der Waals surface area contributed by atoms with Gasteiger partial charge in [-0.1, -0.05) is 28.1 Å². The van der Waals surface area contributed by atoms with Crippen LogP contribution in [0, 0.1) is 0 Å². The van der Waals surface area contributed by atoms with Gasteiger partial charge in [0.15, 0.2) is 0 Å². The zero-order chi connectivity index (χ0) is 14.3. The van der Waals surface area contributed by atoms with E-state index in [1.54, 1.807) is 18.2 Å². The number of methoxy groups -OCH3 is 1. The smallest absolute Gasteiger partial charge is 0.305 e. The molecule has 0 bridgehead atoms. The third kappa shape index (κ3) is 5.85. The van der Waals surface area contributed by atoms with Gasteiger partial charge in [-0.25, -0.2) is 0 Å². The molecule has 104 valence electrons. The maximum atomic E-state index is 11.7. The fourth-order valence-corrected chi connectivity index (χ4v) is 2.03. The maximum absolute atomic E-state index is 11.7. The number of benzene rings is 1. The third-order valence-electron chi connectivity index (χ3n) is 2.50. The minimum Gasteiger partial charge on any atom is -0.481 e. The molecule has 0 aliphatic carbocycles. The topological polar surface area (TPSA) is 75.6 Å². The summed E-state index contributed by atoms with van der Waals surface area (Å²) in [6, 6.07) is 6.68. The number of hydrogen-bond donors (Lipinski definition) is 2. The van der Waals surface area contributed by atoms with E-state index in [9.17, 15) is 9.59 Å². The van der Waals surface area contributed by atoms with Gasteiger partial charge in [0.05, 0.1) is 19.1 Å². The summed E-state index contributed by atoms with van der Waals surface area (Å²) < 4.78 is 5.65. The molecule has 2 N–H and O–H groups in total. The summed E-state index contributed by atoms with van der Waals surface area (Å²) in [4.78, 5) is 22.5. The summed E-state index contributed by atoms with van der Waals surface area (Å²) in [5.41, 5.74) is 0.752. The number of nitrogens with one attached hydrogen (secondary N) is 1. The number of carbonyl (C=O) groups excluding carboxylic acids is 1. The van der Waals surface area contributed by atoms with Crippen LogP contribution in [0.25, 0.3) is 0 Å². The molecule has 0 unspecified atom stereocenters. The first-order chi connectivity index (χ1) is 9.02. The van der Waals surface area contributed by atoms with Gasteiger partial charge < -0.3 is 15.2 Å². The molecule has 0 saturated carbocycles. The highest BCUT2D eigenvalue weighted by Crippen LogP contribution is 2.21. The van der Waals surface area contributed by atoms with Crippen molar-refractivity contribution in [3.8, 4) is 0 Å². The average Bonchev–Trinajstić information content (AvgIpc) is 2.35. The zero-order valence-corrected chi connectivity index (χ0v) is 12.1. The second kappa shape index (κ2) is 7.91. The van der Waals surface area contributed by atoms with Crippen molar-refractivity contribution in [3.63, 3.8) is 0 Å². The lowest BCUT2D eigenvalue weighted by atomic mass is 10.0. The van der Waals surface area contributed by atoms with Crippen LogP contribution in [0.2, 0.25) is 0 Å². The van der Waals surface area contributed by atoms with E-state index in [0.29, 0.717) is 6.61 Å². The predicted molar refractivity (Wildman–Crippen MR) is 73.8 cm³/mol. The van der Waals surface area contributed by atoms with E-state index in [-0.39, 0.29) is 18.7 Å². The Hall–Kier alpha value is -1.40. The number of carboxylic acid groups (broad SMARTS) is 1. The average molecular weight is 330 g/mol. The summed E-state index contributed by atoms with van der Waals surface area (Å²) in [5.74, 6) is -1.19. The fraction of sp³-hybridized carbons (Fsp3) is 0.385. The Bertz CT molecular complexity index is 450. The minimum absolute atomic E-state index is 0.158. The van der Waals surface area contributed by atoms with Gasteiger partial charge in [-0.2, -0.15) is 0 Å². The first-order valence-corrected chi connectivity index (χ1v) is 6.57. The van der Waals surface area contributed by atoms with Crippen molar-refractivity contribution < 1.29 is 19.4 Å². The molecule has 1 rings (SSSR count). The number of amides is 1. The standard InChI is InChI=1S/C13H16BrNO4/c1-19-6-5-12(16)15-11(8-13(17)18)9-3-2-4-10(14)7-9/h2-4,7,11H,5-6,8H2,1H3,(H,15,16)(H,17,18)/t11-/m0/s1. The van der Waals surface area contributed by atoms with Crippen LogP contribution in [0.5, 0.6) is 0 Å². The highest BCUT2D eigenvalue weighted by atomic mass is 79.9. The first kappa shape index (κ1) is 15.7. The SMILES string of the molecule is COCCC(=O)N[C@@H](CC(=O)O)c1cccc(Br)c1. The molecule has 0 aliphatic heterocycles. The molecule has 0 aliphatic rings. The Labute approximate surface area is 120 Å². The van der Waals surface area contributed by atoms with Crippen LogP contribution < -0.4 is 5.32 Å². The van der Waals surface area contributed by atoms with Gasteiger partial charge in [-0.15, -0.1) is 0 Å². The van der Waals surface area contributed by atoms with E-state index in [2.05, 4.69) is 21.2 Å². The van der Waals surface area contributed by atoms with Crippen LogP contribution in [-0.2, 0) is 14.3 Å². The van der Waals surface area contributed by atoms with Crippen molar-refractivity contribution in [1.29, 1.82) is 0 Å². The van der Waals surface area contributed by atoms with E-state index in [1.807, 2.05) is 6.07 Å². The number of halogens is 1. The van der Waals surface area contributed by atoms with Crippen LogP contribution in [0.3, 0.4) is 0 Å². The Morgan fingerprint density at radius 1 is 1.47 bits per heavy atom. The Kier molecular flexibility index (Phi) is 6.52. The van der Waals surface area contributed by atoms with Gasteiger partial charge in [-0.05, 0) is 17.7 Å². The molecule has 0 spiro atoms. The molecule has 1 aromatic rings. The van der Waals surface area contributed by atoms with Gasteiger partial charge in [0.25, 0.3) is 0 Å². The lowest BCUT2D eigenvalue weighted by molar-refractivity contribution is -0.137. The molecule has 0 aromatic heterocycles. The lowest BCUT2D eigenvalue weighted by Crippen LogP contribution is -2.30. The van der Waals surface area contributed by atoms with Gasteiger partial charge in [0.1, 0.15) is 0 Å². The molecule has 0 heterocycles. The molecule has 19 heavy (non-hydrogen) atoms. The van der Waals surface area contributed by atoms with Crippen molar-refractivity contribution in [2.24, 2.45) is 0 Å². The van der Waals surface area contributed by atoms with Crippen LogP contribution >= 0.6 is 15.9 Å². The van der Waals surface area contributed by atoms with Gasteiger partial charge in [0.2, 0.25) is 5.91 Å². The highest BCUT2D eigenvalue weighted by molar-refractivity contribution is 9.10. The highest BCUT2D eigenvalue weighted by Gasteiger charge is 2.18. The molecule has 1 amide bonds. The van der Waals surface area contributed by atoms with Crippen molar-refractivity contribution in [2.45, 2.75) is 18.9 Å². The molecule has 0 radical (unpaired) electrons. The Morgan fingerprint density at radius 2 is 2.21 bits per heavy atom. The molecule has 1 atom stereocenters. The number of carboxylic acids is 1. The third-order valence-corrected chi connectivity index (χ3v) is 2.99. The molecule has 0 saturated heterocycles. The quantitative estimate of drug-likeness (QED) is 0.803. The summed E-state index contributed by atoms with van der Waals surface area (Å²) in [5, 5.41) is 11.6. The maximum Gasteiger partial charge on any atom is 0.305 e. The lowest BCUT2D eigenvalue weighted by Gasteiger charge is -2.17. The Balaban J connectivity index is 2.77. The molecule has 0 fully saturated rings. The largest absolute Gasteiger partial charge is 0.481 e. The van der Waals surface area contributed by atoms with E-state index in [1.165, 1.54) is 7.11 Å². The van der Waals surface area contributed by atoms with Crippen molar-refractivity contribution >= 4 is 27.8 Å². The number of hydrogen-bond acceptors (Lipinski definition) is 3. The molecular formula is C13H16BrNO4. The monoisotopic (exact) mass is 329 g/mol. The number of ether oxygens (including phenoxy) is 1. The second-order valence-corrected chi connectivity index (χ2v) is 4.93. The van der Waals surface area contributed by atoms with E-state index in [0.717, 1.165) is 10.0 Å². The van der Waals surface area contributed by atoms with Crippen LogP contribution in [0.1, 0.15) is 24.4 Å². The van der Waals surface area contributed by atoms with Gasteiger partial charge in [0, 0.05) is 18.0 Å². The van der Waals surface area contributed by atoms with Crippen molar-refractivity contribution in [1.82, 2.24) is 5.32 Å². The molecule has 5 nitrogen and oxygen atoms in total. The van der Waals surface area contributed by atoms with E-state index in [4.69, 9.17) is 9.84 Å². The van der Waals surface area contributed by atoms with Crippen molar-refractivity contribution in [2.75, 3.05) is 13.7 Å². The Morgan fingerprint density at radius 3 is 2.79 bits per heavy atom. The van der Waals surface area contributed by atoms with Gasteiger partial charge in [-0.3, -0.25) is 9.59 Å². The van der Waals surface area contributed by atoms with Crippen LogP contribution in [-0.4, -0.2) is 30.7 Å². The molecule has 1 aromatic carbocycles. The number of carbonyl (C=O) groups is 2. The number of rotatable bonds is 7. The van der Waals surface area contributed by atoms with E-state index < -0.39 is 12.0 Å². The summed E-state index contributed by atoms with van der Waals surface area (Å²) in [6.45, 7) is 0.310. The summed E-state index contributed by atoms with van der Waals surface area (Å²) >= 11 is 3.32. The minimum atomic E-state index is -0.961. The van der Waals surface area contributed by atoms with Crippen molar-refractivity contribution in [3.05, 3.63) is 34.3 Å². The first-order valence-electron chi connectivity index (χ1n) is 5.78. The summed E-state index contributed by atoms with van der Waals surface area (Å²) in [6.07, 6.45) is 0.0514. The van der Waals surface area contributed by atoms with Crippen LogP contribution in [0.4, 0.5) is 0 Å². The van der Waals surface area contributed by atoms with E-state index >= 15 is 0 Å². The van der Waals surface area contributed by atoms with Crippen LogP contribution in [0.15, 0.2) is 28.7 Å².